The summed E-state index contributed by atoms with van der Waals surface area (Å²) in [6.07, 6.45) is 2.50. The van der Waals surface area contributed by atoms with E-state index in [1.807, 2.05) is 6.07 Å². The van der Waals surface area contributed by atoms with Crippen LogP contribution in [0.5, 0.6) is 0 Å². The summed E-state index contributed by atoms with van der Waals surface area (Å²) >= 11 is 8.30. The lowest BCUT2D eigenvalue weighted by Crippen LogP contribution is -2.12. The van der Waals surface area contributed by atoms with Gasteiger partial charge in [-0.15, -0.1) is 0 Å². The molecule has 1 aliphatic heterocycles. The maximum Gasteiger partial charge on any atom is 0.0419 e. The monoisotopic (exact) mass is 307 g/mol. The third-order valence-corrected chi connectivity index (χ3v) is 3.19. The maximum atomic E-state index is 6.00. The lowest BCUT2D eigenvalue weighted by Gasteiger charge is -2.11. The van der Waals surface area contributed by atoms with Crippen molar-refractivity contribution in [2.45, 2.75) is 18.9 Å². The van der Waals surface area contributed by atoms with E-state index in [2.05, 4.69) is 40.0 Å². The van der Waals surface area contributed by atoms with Crippen LogP contribution in [0.4, 0.5) is 0 Å². The molecule has 1 atom stereocenters. The van der Waals surface area contributed by atoms with Gasteiger partial charge in [0.25, 0.3) is 0 Å². The molecule has 1 saturated heterocycles. The third kappa shape index (κ3) is 2.36. The Morgan fingerprint density at radius 2 is 2.23 bits per heavy atom. The fourth-order valence-electron chi connectivity index (χ4n) is 1.75. The zero-order valence-corrected chi connectivity index (χ0v) is 10.1. The third-order valence-electron chi connectivity index (χ3n) is 2.35. The summed E-state index contributed by atoms with van der Waals surface area (Å²) in [6.45, 7) is 1.13. The first-order valence-corrected chi connectivity index (χ1v) is 5.91. The summed E-state index contributed by atoms with van der Waals surface area (Å²) < 4.78 is 1.22. The Balaban J connectivity index is 2.28. The molecule has 0 radical (unpaired) electrons. The molecule has 0 amide bonds. The van der Waals surface area contributed by atoms with Gasteiger partial charge < -0.3 is 5.32 Å². The predicted molar refractivity (Wildman–Crippen MR) is 64.1 cm³/mol. The topological polar surface area (TPSA) is 12.0 Å². The summed E-state index contributed by atoms with van der Waals surface area (Å²) in [5.41, 5.74) is 1.33. The van der Waals surface area contributed by atoms with Gasteiger partial charge in [0.1, 0.15) is 0 Å². The molecule has 0 saturated carbocycles. The van der Waals surface area contributed by atoms with Gasteiger partial charge in [-0.25, -0.2) is 0 Å². The molecular formula is C10H11ClIN. The number of hydrogen-bond donors (Lipinski definition) is 1. The quantitative estimate of drug-likeness (QED) is 0.785. The number of benzene rings is 1. The van der Waals surface area contributed by atoms with E-state index in [9.17, 15) is 0 Å². The molecule has 70 valence electrons. The first-order chi connectivity index (χ1) is 6.25. The van der Waals surface area contributed by atoms with Crippen LogP contribution in [0.3, 0.4) is 0 Å². The zero-order chi connectivity index (χ0) is 9.26. The average molecular weight is 308 g/mol. The van der Waals surface area contributed by atoms with Gasteiger partial charge in [-0.2, -0.15) is 0 Å². The van der Waals surface area contributed by atoms with Crippen LogP contribution in [-0.4, -0.2) is 6.54 Å². The van der Waals surface area contributed by atoms with Gasteiger partial charge in [0, 0.05) is 14.6 Å². The minimum absolute atomic E-state index is 0.521. The van der Waals surface area contributed by atoms with Gasteiger partial charge >= 0.3 is 0 Å². The van der Waals surface area contributed by atoms with Gasteiger partial charge in [0.05, 0.1) is 0 Å². The number of halogens is 2. The van der Waals surface area contributed by atoms with Crippen LogP contribution in [0.2, 0.25) is 5.02 Å². The second kappa shape index (κ2) is 4.15. The number of nitrogens with one attached hydrogen (secondary N) is 1. The zero-order valence-electron chi connectivity index (χ0n) is 7.19. The highest BCUT2D eigenvalue weighted by Gasteiger charge is 2.16. The van der Waals surface area contributed by atoms with Gasteiger partial charge in [0.15, 0.2) is 0 Å². The Morgan fingerprint density at radius 1 is 1.38 bits per heavy atom. The van der Waals surface area contributed by atoms with Gasteiger partial charge in [-0.05, 0) is 65.7 Å². The normalized spacial score (nSPS) is 22.2. The Kier molecular flexibility index (Phi) is 3.11. The molecule has 3 heteroatoms. The number of rotatable bonds is 1. The predicted octanol–water partition coefficient (Wildman–Crippen LogP) is 3.37. The smallest absolute Gasteiger partial charge is 0.0419 e. The van der Waals surface area contributed by atoms with Crippen LogP contribution in [0.15, 0.2) is 18.2 Å². The highest BCUT2D eigenvalue weighted by Crippen LogP contribution is 2.27. The summed E-state index contributed by atoms with van der Waals surface area (Å²) in [7, 11) is 0. The van der Waals surface area contributed by atoms with Crippen molar-refractivity contribution in [3.05, 3.63) is 32.4 Å². The molecular weight excluding hydrogens is 296 g/mol. The van der Waals surface area contributed by atoms with E-state index in [4.69, 9.17) is 11.6 Å². The van der Waals surface area contributed by atoms with Crippen molar-refractivity contribution < 1.29 is 0 Å². The van der Waals surface area contributed by atoms with E-state index >= 15 is 0 Å². The fourth-order valence-corrected chi connectivity index (χ4v) is 2.87. The Labute approximate surface area is 97.0 Å². The Bertz CT molecular complexity index is 288. The molecule has 0 aliphatic carbocycles. The van der Waals surface area contributed by atoms with Crippen molar-refractivity contribution in [3.8, 4) is 0 Å². The average Bonchev–Trinajstić information content (AvgIpc) is 2.53. The Morgan fingerprint density at radius 3 is 2.85 bits per heavy atom. The van der Waals surface area contributed by atoms with E-state index in [0.29, 0.717) is 6.04 Å². The first kappa shape index (κ1) is 9.74. The van der Waals surface area contributed by atoms with Gasteiger partial charge in [0.2, 0.25) is 0 Å². The van der Waals surface area contributed by atoms with E-state index in [-0.39, 0.29) is 0 Å². The fraction of sp³-hybridized carbons (Fsp3) is 0.400. The molecule has 13 heavy (non-hydrogen) atoms. The lowest BCUT2D eigenvalue weighted by molar-refractivity contribution is 0.647. The highest BCUT2D eigenvalue weighted by atomic mass is 127. The van der Waals surface area contributed by atoms with Crippen molar-refractivity contribution >= 4 is 34.2 Å². The second-order valence-electron chi connectivity index (χ2n) is 3.35. The van der Waals surface area contributed by atoms with Crippen LogP contribution < -0.4 is 5.32 Å². The largest absolute Gasteiger partial charge is 0.310 e. The van der Waals surface area contributed by atoms with Crippen LogP contribution in [-0.2, 0) is 0 Å². The van der Waals surface area contributed by atoms with Gasteiger partial charge in [-0.3, -0.25) is 0 Å². The van der Waals surface area contributed by atoms with Crippen LogP contribution >= 0.6 is 34.2 Å². The van der Waals surface area contributed by atoms with Crippen LogP contribution in [0.1, 0.15) is 24.4 Å². The van der Waals surface area contributed by atoms with Crippen molar-refractivity contribution in [1.82, 2.24) is 5.32 Å². The summed E-state index contributed by atoms with van der Waals surface area (Å²) in [6, 6.07) is 6.77. The minimum atomic E-state index is 0.521. The molecule has 0 unspecified atom stereocenters. The maximum absolute atomic E-state index is 6.00. The van der Waals surface area contributed by atoms with E-state index < -0.39 is 0 Å². The van der Waals surface area contributed by atoms with Crippen molar-refractivity contribution in [1.29, 1.82) is 0 Å². The summed E-state index contributed by atoms with van der Waals surface area (Å²) in [4.78, 5) is 0. The molecule has 0 bridgehead atoms. The van der Waals surface area contributed by atoms with E-state index in [1.54, 1.807) is 0 Å². The molecule has 2 rings (SSSR count). The minimum Gasteiger partial charge on any atom is -0.310 e. The second-order valence-corrected chi connectivity index (χ2v) is 5.03. The van der Waals surface area contributed by atoms with E-state index in [0.717, 1.165) is 11.6 Å². The van der Waals surface area contributed by atoms with Crippen LogP contribution in [0.25, 0.3) is 0 Å². The summed E-state index contributed by atoms with van der Waals surface area (Å²) in [5.74, 6) is 0. The molecule has 1 N–H and O–H groups in total. The molecule has 1 aromatic rings. The van der Waals surface area contributed by atoms with Crippen molar-refractivity contribution in [2.24, 2.45) is 0 Å². The molecule has 0 spiro atoms. The molecule has 1 nitrogen and oxygen atoms in total. The molecule has 0 aromatic heterocycles. The van der Waals surface area contributed by atoms with Crippen LogP contribution in [0, 0.1) is 3.57 Å². The molecule has 1 aliphatic rings. The molecule has 1 fully saturated rings. The summed E-state index contributed by atoms with van der Waals surface area (Å²) in [5, 5.41) is 4.31. The first-order valence-electron chi connectivity index (χ1n) is 4.45. The van der Waals surface area contributed by atoms with Crippen molar-refractivity contribution in [2.75, 3.05) is 6.54 Å². The standard InChI is InChI=1S/C10H11ClIN/c11-8-4-7(5-9(12)6-8)10-2-1-3-13-10/h4-6,10,13H,1-3H2/t10-/m1/s1. The molecule has 1 heterocycles. The Hall–Kier alpha value is 0.200. The lowest BCUT2D eigenvalue weighted by atomic mass is 10.1. The SMILES string of the molecule is Clc1cc(I)cc([C@H]2CCCN2)c1. The van der Waals surface area contributed by atoms with Crippen molar-refractivity contribution in [3.63, 3.8) is 0 Å². The number of hydrogen-bond acceptors (Lipinski definition) is 1. The van der Waals surface area contributed by atoms with E-state index in [1.165, 1.54) is 22.0 Å². The molecule has 1 aromatic carbocycles. The van der Waals surface area contributed by atoms with Gasteiger partial charge in [-0.1, -0.05) is 11.6 Å². The highest BCUT2D eigenvalue weighted by molar-refractivity contribution is 14.1.